The summed E-state index contributed by atoms with van der Waals surface area (Å²) in [6.45, 7) is 2.31. The summed E-state index contributed by atoms with van der Waals surface area (Å²) in [6.07, 6.45) is -17.6. The van der Waals surface area contributed by atoms with Crippen LogP contribution in [0.5, 0.6) is 0 Å². The highest BCUT2D eigenvalue weighted by Gasteiger charge is 2.63. The van der Waals surface area contributed by atoms with E-state index >= 15 is 0 Å². The predicted octanol–water partition coefficient (Wildman–Crippen LogP) is 7.53. The zero-order valence-corrected chi connectivity index (χ0v) is 39.9. The van der Waals surface area contributed by atoms with Gasteiger partial charge in [0, 0.05) is 38.8 Å². The molecule has 0 unspecified atom stereocenters. The van der Waals surface area contributed by atoms with E-state index in [0.717, 1.165) is 11.1 Å². The van der Waals surface area contributed by atoms with Crippen LogP contribution in [-0.4, -0.2) is 142 Å². The van der Waals surface area contributed by atoms with Gasteiger partial charge in [0.05, 0.1) is 68.4 Å². The molecule has 0 radical (unpaired) electrons. The number of carbonyl (C=O) groups is 1. The van der Waals surface area contributed by atoms with Crippen molar-refractivity contribution in [1.29, 1.82) is 0 Å². The first kappa shape index (κ1) is 54.0. The Hall–Kier alpha value is -6.76. The Morgan fingerprint density at radius 3 is 1.62 bits per heavy atom. The van der Waals surface area contributed by atoms with E-state index in [1.165, 1.54) is 33.3 Å². The van der Waals surface area contributed by atoms with Gasteiger partial charge in [0.25, 0.3) is 0 Å². The van der Waals surface area contributed by atoms with Gasteiger partial charge in [-0.2, -0.15) is 0 Å². The number of rotatable bonds is 21. The standard InChI is InChI=1S/C45H53N15O13/c1-44(63-3)45(2,64-4)73-38-32(55-60-50)42(67-31(22-52-57-47)37(38)72-44)70-34-28(53-58-48)20-29(54-59-49)35(33(34)61)71-43-40(69-41(62)27-18-12-7-13-19-27)39(66-24-26-16-10-6-11-17-26)36(30(68-43)21-51-56-46)65-23-25-14-8-5-9-15-25/h5-19,28-40,42-43,61H,20-24H2,1-4H3/t28-,29+,30+,31+,32+,33-,34+,35-,36+,37+,38+,39-,40+,42+,43-,44-,45-/m0/s1. The van der Waals surface area contributed by atoms with Crippen LogP contribution in [-0.2, 0) is 65.3 Å². The minimum atomic E-state index is -1.94. The maximum Gasteiger partial charge on any atom is 0.338 e. The predicted molar refractivity (Wildman–Crippen MR) is 251 cm³/mol. The summed E-state index contributed by atoms with van der Waals surface area (Å²) in [5.74, 6) is -4.07. The molecule has 0 aromatic heterocycles. The highest BCUT2D eigenvalue weighted by Crippen LogP contribution is 2.46. The van der Waals surface area contributed by atoms with Crippen molar-refractivity contribution < 1.29 is 62.0 Å². The summed E-state index contributed by atoms with van der Waals surface area (Å²) in [5, 5.41) is 31.8. The average Bonchev–Trinajstić information content (AvgIpc) is 3.41. The SMILES string of the molecule is CO[C@@]1(C)O[C@@H]2[C@@H](N=[N+]=[N-])[C@@H](O[C@H]3[C@H](O)[C@@H](O[C@@H]4O[C@H](CN=[N+]=[N-])[C@@H](OCc5ccccc5)[C@H](OCc5ccccc5)[C@H]4OC(=O)c4ccccc4)[C@H](N=[N+]=[N-])C[C@@H]3N=[N+]=[N-])O[C@H](CN=[N+]=[N-])[C@H]2O[C@]1(C)OC. The molecule has 28 heteroatoms. The van der Waals surface area contributed by atoms with Crippen molar-refractivity contribution in [2.45, 2.75) is 137 Å². The number of nitrogens with zero attached hydrogens (tertiary/aromatic N) is 15. The third-order valence-electron chi connectivity index (χ3n) is 13.1. The van der Waals surface area contributed by atoms with E-state index in [0.29, 0.717) is 0 Å². The van der Waals surface area contributed by atoms with Crippen LogP contribution >= 0.6 is 0 Å². The molecule has 0 amide bonds. The molecule has 4 aliphatic rings. The summed E-state index contributed by atoms with van der Waals surface area (Å²) in [4.78, 5) is 28.9. The lowest BCUT2D eigenvalue weighted by Crippen LogP contribution is -2.73. The number of azide groups is 5. The van der Waals surface area contributed by atoms with Crippen LogP contribution in [0, 0.1) is 0 Å². The molecule has 3 aliphatic heterocycles. The van der Waals surface area contributed by atoms with Crippen molar-refractivity contribution in [3.8, 4) is 0 Å². The molecule has 1 saturated carbocycles. The lowest BCUT2D eigenvalue weighted by Gasteiger charge is -2.57. The van der Waals surface area contributed by atoms with Gasteiger partial charge in [-0.15, -0.1) is 0 Å². The van der Waals surface area contributed by atoms with Gasteiger partial charge in [-0.25, -0.2) is 4.79 Å². The molecule has 3 heterocycles. The van der Waals surface area contributed by atoms with Gasteiger partial charge in [0.1, 0.15) is 36.6 Å². The van der Waals surface area contributed by atoms with E-state index in [1.807, 2.05) is 60.7 Å². The second-order valence-electron chi connectivity index (χ2n) is 17.3. The minimum Gasteiger partial charge on any atom is -0.450 e. The number of hydrogen-bond acceptors (Lipinski definition) is 18. The van der Waals surface area contributed by atoms with E-state index in [-0.39, 0.29) is 38.3 Å². The number of aliphatic hydroxyl groups excluding tert-OH is 1. The molecule has 3 saturated heterocycles. The molecule has 7 rings (SSSR count). The Kier molecular flexibility index (Phi) is 18.7. The fourth-order valence-electron chi connectivity index (χ4n) is 9.16. The van der Waals surface area contributed by atoms with E-state index in [4.69, 9.17) is 52.1 Å². The Labute approximate surface area is 416 Å². The normalized spacial score (nSPS) is 34.7. The third-order valence-corrected chi connectivity index (χ3v) is 13.1. The van der Waals surface area contributed by atoms with Gasteiger partial charge in [-0.3, -0.25) is 0 Å². The largest absolute Gasteiger partial charge is 0.450 e. The van der Waals surface area contributed by atoms with Crippen molar-refractivity contribution in [3.63, 3.8) is 0 Å². The van der Waals surface area contributed by atoms with Gasteiger partial charge in [-0.1, -0.05) is 104 Å². The molecule has 17 atom stereocenters. The van der Waals surface area contributed by atoms with Crippen molar-refractivity contribution >= 4 is 5.97 Å². The van der Waals surface area contributed by atoms with Crippen molar-refractivity contribution in [2.75, 3.05) is 27.3 Å². The maximum atomic E-state index is 14.1. The number of benzene rings is 3. The summed E-state index contributed by atoms with van der Waals surface area (Å²) in [5.41, 5.74) is 50.2. The lowest BCUT2D eigenvalue weighted by molar-refractivity contribution is -0.471. The first-order chi connectivity index (χ1) is 35.4. The average molecular weight is 1010 g/mol. The van der Waals surface area contributed by atoms with Gasteiger partial charge in [0.15, 0.2) is 18.7 Å². The Morgan fingerprint density at radius 1 is 0.616 bits per heavy atom. The van der Waals surface area contributed by atoms with Gasteiger partial charge in [0.2, 0.25) is 11.6 Å². The third kappa shape index (κ3) is 12.4. The fraction of sp³-hybridized carbons (Fsp3) is 0.578. The molecular weight excluding hydrogens is 959 g/mol. The Morgan fingerprint density at radius 2 is 1.10 bits per heavy atom. The first-order valence-electron chi connectivity index (χ1n) is 22.9. The molecule has 3 aromatic rings. The molecule has 1 N–H and O–H groups in total. The number of aliphatic hydroxyl groups is 1. The zero-order chi connectivity index (χ0) is 52.0. The monoisotopic (exact) mass is 1010 g/mol. The van der Waals surface area contributed by atoms with Crippen LogP contribution in [0.3, 0.4) is 0 Å². The number of ether oxygens (including phenoxy) is 11. The number of hydrogen-bond donors (Lipinski definition) is 1. The molecule has 28 nitrogen and oxygen atoms in total. The second kappa shape index (κ2) is 25.3. The van der Waals surface area contributed by atoms with Gasteiger partial charge >= 0.3 is 5.97 Å². The zero-order valence-electron chi connectivity index (χ0n) is 39.9. The number of carbonyl (C=O) groups excluding carboxylic acids is 1. The topological polar surface area (TPSA) is 383 Å². The molecule has 4 fully saturated rings. The van der Waals surface area contributed by atoms with Crippen LogP contribution in [0.1, 0.15) is 41.8 Å². The van der Waals surface area contributed by atoms with E-state index in [2.05, 4.69) is 50.1 Å². The molecule has 73 heavy (non-hydrogen) atoms. The van der Waals surface area contributed by atoms with Gasteiger partial charge < -0.3 is 57.2 Å². The molecule has 0 bridgehead atoms. The first-order valence-corrected chi connectivity index (χ1v) is 22.9. The van der Waals surface area contributed by atoms with Crippen LogP contribution in [0.4, 0.5) is 0 Å². The highest BCUT2D eigenvalue weighted by molar-refractivity contribution is 5.89. The summed E-state index contributed by atoms with van der Waals surface area (Å²) < 4.78 is 69.7. The highest BCUT2D eigenvalue weighted by atomic mass is 16.8. The van der Waals surface area contributed by atoms with E-state index in [1.54, 1.807) is 25.1 Å². The number of esters is 1. The Bertz CT molecular complexity index is 2570. The molecule has 3 aromatic carbocycles. The van der Waals surface area contributed by atoms with Crippen molar-refractivity contribution in [2.24, 2.45) is 25.6 Å². The second-order valence-corrected chi connectivity index (χ2v) is 17.3. The van der Waals surface area contributed by atoms with Crippen LogP contribution in [0.25, 0.3) is 52.2 Å². The van der Waals surface area contributed by atoms with Crippen molar-refractivity contribution in [3.05, 3.63) is 160 Å². The van der Waals surface area contributed by atoms with Crippen LogP contribution < -0.4 is 0 Å². The molecular formula is C45H53N15O13. The van der Waals surface area contributed by atoms with Crippen LogP contribution in [0.2, 0.25) is 0 Å². The van der Waals surface area contributed by atoms with Gasteiger partial charge in [-0.05, 0) is 71.2 Å². The molecule has 0 spiro atoms. The summed E-state index contributed by atoms with van der Waals surface area (Å²) >= 11 is 0. The van der Waals surface area contributed by atoms with Crippen molar-refractivity contribution in [1.82, 2.24) is 0 Å². The smallest absolute Gasteiger partial charge is 0.338 e. The van der Waals surface area contributed by atoms with E-state index in [9.17, 15) is 37.6 Å². The van der Waals surface area contributed by atoms with Crippen LogP contribution in [0.15, 0.2) is 117 Å². The number of fused-ring (bicyclic) bond motifs is 1. The maximum absolute atomic E-state index is 14.1. The minimum absolute atomic E-state index is 0.0107. The van der Waals surface area contributed by atoms with E-state index < -0.39 is 109 Å². The number of methoxy groups -OCH3 is 2. The summed E-state index contributed by atoms with van der Waals surface area (Å²) in [7, 11) is 2.70. The Balaban J connectivity index is 1.28. The quantitative estimate of drug-likeness (QED) is 0.0467. The molecule has 1 aliphatic carbocycles. The fourth-order valence-corrected chi connectivity index (χ4v) is 9.16. The summed E-state index contributed by atoms with van der Waals surface area (Å²) in [6, 6.07) is 22.2. The lowest BCUT2D eigenvalue weighted by atomic mass is 9.84. The molecule has 386 valence electrons.